The van der Waals surface area contributed by atoms with E-state index in [9.17, 15) is 9.59 Å². The van der Waals surface area contributed by atoms with E-state index in [1.807, 2.05) is 0 Å². The maximum Gasteiger partial charge on any atom is 1.00 e. The molecule has 0 saturated carbocycles. The predicted octanol–water partition coefficient (Wildman–Crippen LogP) is -2.29. The number of ether oxygens (including phenoxy) is 2. The van der Waals surface area contributed by atoms with Crippen LogP contribution in [-0.2, 0) is 19.1 Å². The molecule has 0 bridgehead atoms. The van der Waals surface area contributed by atoms with E-state index in [-0.39, 0.29) is 25.3 Å². The average molecular weight is 180 g/mol. The molecule has 0 aliphatic heterocycles. The predicted molar refractivity (Wildman–Crippen MR) is 42.2 cm³/mol. The van der Waals surface area contributed by atoms with Gasteiger partial charge in [-0.25, -0.2) is 0 Å². The van der Waals surface area contributed by atoms with Crippen LogP contribution < -0.4 is 18.9 Å². The molecule has 0 heterocycles. The van der Waals surface area contributed by atoms with Crippen molar-refractivity contribution in [3.05, 3.63) is 6.42 Å². The third-order valence-electron chi connectivity index (χ3n) is 1.03. The molecule has 0 amide bonds. The molecule has 0 aromatic heterocycles. The van der Waals surface area contributed by atoms with E-state index in [1.165, 1.54) is 6.42 Å². The number of hydrogen-bond donors (Lipinski definition) is 0. The molecule has 4 nitrogen and oxygen atoms in total. The SMILES string of the molecule is CCOC(=O)[CH-]CC(=O)OCC.[Li+]. The summed E-state index contributed by atoms with van der Waals surface area (Å²) in [4.78, 5) is 21.4. The van der Waals surface area contributed by atoms with Crippen LogP contribution in [0.5, 0.6) is 0 Å². The summed E-state index contributed by atoms with van der Waals surface area (Å²) in [7, 11) is 0. The van der Waals surface area contributed by atoms with Crippen molar-refractivity contribution in [2.75, 3.05) is 13.2 Å². The summed E-state index contributed by atoms with van der Waals surface area (Å²) in [6, 6.07) is 0. The number of carbonyl (C=O) groups is 2. The van der Waals surface area contributed by atoms with Gasteiger partial charge in [-0.3, -0.25) is 16.0 Å². The summed E-state index contributed by atoms with van der Waals surface area (Å²) in [6.45, 7) is 4.06. The number of carbonyl (C=O) groups excluding carboxylic acids is 2. The molecule has 0 rings (SSSR count). The van der Waals surface area contributed by atoms with Gasteiger partial charge in [-0.05, 0) is 13.8 Å². The Kier molecular flexibility index (Phi) is 10.9. The summed E-state index contributed by atoms with van der Waals surface area (Å²) >= 11 is 0. The van der Waals surface area contributed by atoms with E-state index < -0.39 is 11.9 Å². The zero-order valence-corrected chi connectivity index (χ0v) is 8.33. The zero-order valence-electron chi connectivity index (χ0n) is 8.33. The Morgan fingerprint density at radius 1 is 1.15 bits per heavy atom. The molecule has 0 aliphatic rings. The molecule has 0 saturated heterocycles. The van der Waals surface area contributed by atoms with Crippen LogP contribution >= 0.6 is 0 Å². The van der Waals surface area contributed by atoms with E-state index in [1.54, 1.807) is 13.8 Å². The minimum Gasteiger partial charge on any atom is -0.488 e. The monoisotopic (exact) mass is 180 g/mol. The van der Waals surface area contributed by atoms with Crippen molar-refractivity contribution in [1.82, 2.24) is 0 Å². The fourth-order valence-electron chi connectivity index (χ4n) is 0.588. The van der Waals surface area contributed by atoms with Gasteiger partial charge in [-0.2, -0.15) is 0 Å². The van der Waals surface area contributed by atoms with Crippen molar-refractivity contribution in [2.45, 2.75) is 20.3 Å². The van der Waals surface area contributed by atoms with Gasteiger partial charge in [0.2, 0.25) is 0 Å². The van der Waals surface area contributed by atoms with Crippen molar-refractivity contribution in [1.29, 1.82) is 0 Å². The van der Waals surface area contributed by atoms with Crippen LogP contribution in [0.25, 0.3) is 0 Å². The largest absolute Gasteiger partial charge is 1.00 e. The third kappa shape index (κ3) is 9.32. The van der Waals surface area contributed by atoms with Crippen molar-refractivity contribution in [2.24, 2.45) is 0 Å². The Hall–Kier alpha value is -0.593. The second-order valence-corrected chi connectivity index (χ2v) is 1.97. The normalized spacial score (nSPS) is 8.15. The van der Waals surface area contributed by atoms with Crippen molar-refractivity contribution >= 4 is 11.9 Å². The number of rotatable bonds is 5. The van der Waals surface area contributed by atoms with Gasteiger partial charge in [0.05, 0.1) is 13.2 Å². The van der Waals surface area contributed by atoms with Crippen molar-refractivity contribution in [3.8, 4) is 0 Å². The molecule has 0 N–H and O–H groups in total. The van der Waals surface area contributed by atoms with E-state index in [2.05, 4.69) is 9.47 Å². The summed E-state index contributed by atoms with van der Waals surface area (Å²) < 4.78 is 9.16. The molecule has 0 unspecified atom stereocenters. The van der Waals surface area contributed by atoms with Gasteiger partial charge in [0.15, 0.2) is 5.97 Å². The first-order chi connectivity index (χ1) is 5.70. The van der Waals surface area contributed by atoms with Gasteiger partial charge in [-0.1, -0.05) is 6.42 Å². The molecule has 0 radical (unpaired) electrons. The molecule has 13 heavy (non-hydrogen) atoms. The van der Waals surface area contributed by atoms with Crippen LogP contribution in [0, 0.1) is 6.42 Å². The Morgan fingerprint density at radius 2 is 1.69 bits per heavy atom. The molecule has 5 heteroatoms. The van der Waals surface area contributed by atoms with Crippen LogP contribution in [0.4, 0.5) is 0 Å². The molecule has 70 valence electrons. The van der Waals surface area contributed by atoms with Gasteiger partial charge in [0, 0.05) is 0 Å². The van der Waals surface area contributed by atoms with Crippen LogP contribution in [0.3, 0.4) is 0 Å². The van der Waals surface area contributed by atoms with E-state index in [4.69, 9.17) is 0 Å². The van der Waals surface area contributed by atoms with Crippen LogP contribution in [0.1, 0.15) is 20.3 Å². The molecule has 0 spiro atoms. The van der Waals surface area contributed by atoms with Gasteiger partial charge < -0.3 is 9.47 Å². The molecule has 0 fully saturated rings. The maximum atomic E-state index is 10.7. The molecule has 0 atom stereocenters. The Labute approximate surface area is 90.1 Å². The first-order valence-electron chi connectivity index (χ1n) is 3.86. The Bertz CT molecular complexity index is 140. The molecular weight excluding hydrogens is 167 g/mol. The third-order valence-corrected chi connectivity index (χ3v) is 1.03. The van der Waals surface area contributed by atoms with E-state index >= 15 is 0 Å². The van der Waals surface area contributed by atoms with Crippen LogP contribution in [-0.4, -0.2) is 25.2 Å². The zero-order chi connectivity index (χ0) is 9.40. The second-order valence-electron chi connectivity index (χ2n) is 1.97. The standard InChI is InChI=1S/C8H13O4.Li/c1-3-11-7(9)5-6-8(10)12-4-2;/h5H,3-4,6H2,1-2H3;/q-1;+1. The Balaban J connectivity index is 0. The van der Waals surface area contributed by atoms with Gasteiger partial charge in [-0.15, -0.1) is 0 Å². The first kappa shape index (κ1) is 14.9. The van der Waals surface area contributed by atoms with Gasteiger partial charge in [0.25, 0.3) is 5.97 Å². The summed E-state index contributed by atoms with van der Waals surface area (Å²) in [5.41, 5.74) is 0. The van der Waals surface area contributed by atoms with Crippen LogP contribution in [0.2, 0.25) is 0 Å². The summed E-state index contributed by atoms with van der Waals surface area (Å²) in [5.74, 6) is -0.892. The maximum absolute atomic E-state index is 10.7. The fourth-order valence-corrected chi connectivity index (χ4v) is 0.588. The molecular formula is C8H13LiO4. The average Bonchev–Trinajstić information content (AvgIpc) is 2.02. The van der Waals surface area contributed by atoms with E-state index in [0.29, 0.717) is 13.2 Å². The minimum atomic E-state index is -0.481. The number of esters is 2. The minimum absolute atomic E-state index is 0. The van der Waals surface area contributed by atoms with Crippen molar-refractivity contribution < 1.29 is 37.9 Å². The fraction of sp³-hybridized carbons (Fsp3) is 0.625. The number of hydrogen-bond acceptors (Lipinski definition) is 4. The quantitative estimate of drug-likeness (QED) is 0.271. The summed E-state index contributed by atoms with van der Waals surface area (Å²) in [5, 5.41) is 0. The first-order valence-corrected chi connectivity index (χ1v) is 3.86. The molecule has 0 aliphatic carbocycles. The van der Waals surface area contributed by atoms with Gasteiger partial charge >= 0.3 is 18.9 Å². The topological polar surface area (TPSA) is 52.6 Å². The van der Waals surface area contributed by atoms with Gasteiger partial charge in [0.1, 0.15) is 0 Å². The smallest absolute Gasteiger partial charge is 0.488 e. The second kappa shape index (κ2) is 9.50. The Morgan fingerprint density at radius 3 is 2.15 bits per heavy atom. The molecule has 0 aromatic carbocycles. The van der Waals surface area contributed by atoms with Crippen molar-refractivity contribution in [3.63, 3.8) is 0 Å². The molecule has 0 aromatic rings. The van der Waals surface area contributed by atoms with E-state index in [0.717, 1.165) is 0 Å². The van der Waals surface area contributed by atoms with Crippen LogP contribution in [0.15, 0.2) is 0 Å². The summed E-state index contributed by atoms with van der Waals surface area (Å²) in [6.07, 6.45) is 1.15.